The number of carbonyl (C=O) groups is 3. The fourth-order valence-electron chi connectivity index (χ4n) is 3.20. The Morgan fingerprint density at radius 3 is 2.03 bits per heavy atom. The lowest BCUT2D eigenvalue weighted by atomic mass is 10.1. The van der Waals surface area contributed by atoms with Crippen molar-refractivity contribution in [3.05, 3.63) is 57.8 Å². The maximum absolute atomic E-state index is 12.0. The average Bonchev–Trinajstić information content (AvgIpc) is 3.58. The molecule has 0 amide bonds. The topological polar surface area (TPSA) is 89.9 Å². The number of thiophene rings is 4. The average molecular weight is 519 g/mol. The van der Waals surface area contributed by atoms with Crippen LogP contribution in [-0.2, 0) is 31.9 Å². The largest absolute Gasteiger partial charge is 0.477 e. The summed E-state index contributed by atoms with van der Waals surface area (Å²) in [7, 11) is 2.73. The first-order valence-corrected chi connectivity index (χ1v) is 13.0. The minimum Gasteiger partial charge on any atom is -0.477 e. The number of hydrogen-bond donors (Lipinski definition) is 1. The number of carbonyl (C=O) groups excluding carboxylic acids is 2. The van der Waals surface area contributed by atoms with Crippen LogP contribution in [0.5, 0.6) is 0 Å². The molecule has 1 N–H and O–H groups in total. The minimum absolute atomic E-state index is 0.124. The SMILES string of the molecule is COC(=O)Cc1ccsc1-c1ccc(-c2sc(-c3ccc(C(=O)O)s3)cc2CC(=O)OC)s1. The lowest BCUT2D eigenvalue weighted by Gasteiger charge is -2.02. The third kappa shape index (κ3) is 5.09. The van der Waals surface area contributed by atoms with E-state index in [-0.39, 0.29) is 29.7 Å². The van der Waals surface area contributed by atoms with Crippen molar-refractivity contribution < 1.29 is 29.0 Å². The Morgan fingerprint density at radius 2 is 1.39 bits per heavy atom. The van der Waals surface area contributed by atoms with Crippen LogP contribution in [0.1, 0.15) is 20.8 Å². The van der Waals surface area contributed by atoms with Crippen LogP contribution < -0.4 is 0 Å². The van der Waals surface area contributed by atoms with Gasteiger partial charge < -0.3 is 14.6 Å². The van der Waals surface area contributed by atoms with E-state index >= 15 is 0 Å². The number of hydrogen-bond acceptors (Lipinski definition) is 9. The molecule has 10 heteroatoms. The van der Waals surface area contributed by atoms with Crippen molar-refractivity contribution in [2.45, 2.75) is 12.8 Å². The van der Waals surface area contributed by atoms with Crippen LogP contribution in [0, 0.1) is 0 Å². The lowest BCUT2D eigenvalue weighted by Crippen LogP contribution is -2.04. The van der Waals surface area contributed by atoms with Gasteiger partial charge in [0.15, 0.2) is 0 Å². The Hall–Kier alpha value is -2.79. The van der Waals surface area contributed by atoms with Crippen molar-refractivity contribution in [2.75, 3.05) is 14.2 Å². The van der Waals surface area contributed by atoms with Gasteiger partial charge in [-0.15, -0.1) is 45.3 Å². The highest BCUT2D eigenvalue weighted by atomic mass is 32.1. The zero-order chi connectivity index (χ0) is 23.5. The number of carboxylic acid groups (broad SMARTS) is 1. The third-order valence-electron chi connectivity index (χ3n) is 4.79. The Bertz CT molecular complexity index is 1320. The van der Waals surface area contributed by atoms with Gasteiger partial charge in [-0.2, -0.15) is 0 Å². The number of carboxylic acids is 1. The van der Waals surface area contributed by atoms with Gasteiger partial charge >= 0.3 is 17.9 Å². The molecule has 0 aliphatic heterocycles. The van der Waals surface area contributed by atoms with E-state index in [9.17, 15) is 19.5 Å². The third-order valence-corrected chi connectivity index (χ3v) is 9.64. The first kappa shape index (κ1) is 23.4. The molecule has 0 saturated heterocycles. The van der Waals surface area contributed by atoms with Gasteiger partial charge in [0.05, 0.1) is 27.1 Å². The van der Waals surface area contributed by atoms with E-state index in [1.165, 1.54) is 36.9 Å². The smallest absolute Gasteiger partial charge is 0.345 e. The van der Waals surface area contributed by atoms with Gasteiger partial charge in [-0.05, 0) is 52.9 Å². The van der Waals surface area contributed by atoms with Gasteiger partial charge in [0.1, 0.15) is 4.88 Å². The number of ether oxygens (including phenoxy) is 2. The molecule has 4 rings (SSSR count). The first-order valence-electron chi connectivity index (χ1n) is 9.66. The molecule has 0 aliphatic rings. The van der Waals surface area contributed by atoms with Gasteiger partial charge in [0.25, 0.3) is 0 Å². The molecule has 0 aliphatic carbocycles. The first-order chi connectivity index (χ1) is 15.9. The predicted molar refractivity (Wildman–Crippen MR) is 133 cm³/mol. The molecule has 33 heavy (non-hydrogen) atoms. The molecular weight excluding hydrogens is 501 g/mol. The summed E-state index contributed by atoms with van der Waals surface area (Å²) in [6.45, 7) is 0. The Balaban J connectivity index is 1.71. The number of rotatable bonds is 8. The van der Waals surface area contributed by atoms with Crippen LogP contribution in [0.2, 0.25) is 0 Å². The molecule has 0 radical (unpaired) electrons. The highest BCUT2D eigenvalue weighted by Crippen LogP contribution is 2.45. The van der Waals surface area contributed by atoms with Crippen LogP contribution in [0.25, 0.3) is 29.3 Å². The highest BCUT2D eigenvalue weighted by molar-refractivity contribution is 7.28. The molecule has 0 atom stereocenters. The second-order valence-electron chi connectivity index (χ2n) is 6.88. The summed E-state index contributed by atoms with van der Waals surface area (Å²) < 4.78 is 9.68. The number of methoxy groups -OCH3 is 2. The number of esters is 2. The summed E-state index contributed by atoms with van der Waals surface area (Å²) in [4.78, 5) is 41.1. The van der Waals surface area contributed by atoms with Crippen molar-refractivity contribution in [3.63, 3.8) is 0 Å². The molecule has 0 aromatic carbocycles. The minimum atomic E-state index is -0.959. The van der Waals surface area contributed by atoms with Crippen molar-refractivity contribution in [2.24, 2.45) is 0 Å². The second-order valence-corrected chi connectivity index (χ2v) is 11.0. The summed E-state index contributed by atoms with van der Waals surface area (Å²) in [5.74, 6) is -1.58. The summed E-state index contributed by atoms with van der Waals surface area (Å²) in [6, 6.07) is 11.3. The van der Waals surface area contributed by atoms with E-state index in [1.807, 2.05) is 29.6 Å². The van der Waals surface area contributed by atoms with Gasteiger partial charge in [0.2, 0.25) is 0 Å². The number of aromatic carboxylic acids is 1. The van der Waals surface area contributed by atoms with Gasteiger partial charge in [-0.1, -0.05) is 0 Å². The quantitative estimate of drug-likeness (QED) is 0.285. The molecule has 0 unspecified atom stereocenters. The molecule has 0 spiro atoms. The molecule has 0 bridgehead atoms. The normalized spacial score (nSPS) is 10.8. The standard InChI is InChI=1S/C23H18O6S4/c1-28-19(24)10-12-7-8-30-21(12)15-4-5-16(32-15)22-13(11-20(25)29-2)9-18(33-22)14-3-6-17(31-14)23(26)27/h3-9H,10-11H2,1-2H3,(H,26,27). The molecule has 4 aromatic heterocycles. The maximum atomic E-state index is 12.0. The van der Waals surface area contributed by atoms with E-state index in [1.54, 1.807) is 34.8 Å². The van der Waals surface area contributed by atoms with Crippen LogP contribution in [0.4, 0.5) is 0 Å². The van der Waals surface area contributed by atoms with Crippen LogP contribution in [0.15, 0.2) is 41.8 Å². The summed E-state index contributed by atoms with van der Waals surface area (Å²) in [5.41, 5.74) is 1.75. The zero-order valence-corrected chi connectivity index (χ0v) is 20.8. The Morgan fingerprint density at radius 1 is 0.758 bits per heavy atom. The van der Waals surface area contributed by atoms with Crippen molar-refractivity contribution in [1.29, 1.82) is 0 Å². The van der Waals surface area contributed by atoms with Crippen molar-refractivity contribution in [3.8, 4) is 29.3 Å². The van der Waals surface area contributed by atoms with Gasteiger partial charge in [-0.25, -0.2) is 4.79 Å². The monoisotopic (exact) mass is 518 g/mol. The van der Waals surface area contributed by atoms with Crippen LogP contribution in [-0.4, -0.2) is 37.2 Å². The van der Waals surface area contributed by atoms with E-state index < -0.39 is 5.97 Å². The molecule has 0 fully saturated rings. The summed E-state index contributed by atoms with van der Waals surface area (Å²) in [5, 5.41) is 11.2. The van der Waals surface area contributed by atoms with Crippen LogP contribution in [0.3, 0.4) is 0 Å². The Kier molecular flexibility index (Phi) is 7.08. The maximum Gasteiger partial charge on any atom is 0.345 e. The van der Waals surface area contributed by atoms with Gasteiger partial charge in [0, 0.05) is 29.3 Å². The molecule has 6 nitrogen and oxygen atoms in total. The summed E-state index contributed by atoms with van der Waals surface area (Å²) in [6.07, 6.45) is 0.336. The second kappa shape index (κ2) is 10.0. The van der Waals surface area contributed by atoms with Crippen LogP contribution >= 0.6 is 45.3 Å². The molecular formula is C23H18O6S4. The van der Waals surface area contributed by atoms with Crippen molar-refractivity contribution in [1.82, 2.24) is 0 Å². The van der Waals surface area contributed by atoms with E-state index in [4.69, 9.17) is 9.47 Å². The van der Waals surface area contributed by atoms with E-state index in [0.29, 0.717) is 0 Å². The highest BCUT2D eigenvalue weighted by Gasteiger charge is 2.20. The fourth-order valence-corrected chi connectivity index (χ4v) is 7.55. The zero-order valence-electron chi connectivity index (χ0n) is 17.6. The predicted octanol–water partition coefficient (Wildman–Crippen LogP) is 6.06. The fraction of sp³-hybridized carbons (Fsp3) is 0.174. The van der Waals surface area contributed by atoms with Gasteiger partial charge in [-0.3, -0.25) is 9.59 Å². The Labute approximate surface area is 205 Å². The molecule has 4 aromatic rings. The van der Waals surface area contributed by atoms with Crippen molar-refractivity contribution >= 4 is 63.3 Å². The van der Waals surface area contributed by atoms with E-state index in [0.717, 1.165) is 40.4 Å². The molecule has 4 heterocycles. The molecule has 170 valence electrons. The lowest BCUT2D eigenvalue weighted by molar-refractivity contribution is -0.140. The molecule has 0 saturated carbocycles. The summed E-state index contributed by atoms with van der Waals surface area (Å²) >= 11 is 5.88. The van der Waals surface area contributed by atoms with E-state index in [2.05, 4.69) is 0 Å².